The lowest BCUT2D eigenvalue weighted by molar-refractivity contribution is 0.0996. The van der Waals surface area contributed by atoms with Crippen LogP contribution in [0.5, 0.6) is 0 Å². The molecule has 2 nitrogen and oxygen atoms in total. The first-order chi connectivity index (χ1) is 6.16. The highest BCUT2D eigenvalue weighted by molar-refractivity contribution is 4.54. The van der Waals surface area contributed by atoms with Gasteiger partial charge in [0.05, 0.1) is 6.54 Å². The molecule has 0 bridgehead atoms. The summed E-state index contributed by atoms with van der Waals surface area (Å²) in [7, 11) is 1.74. The number of alkyl halides is 2. The lowest BCUT2D eigenvalue weighted by Gasteiger charge is -2.15. The van der Waals surface area contributed by atoms with Crippen LogP contribution >= 0.6 is 0 Å². The second-order valence-corrected chi connectivity index (χ2v) is 3.21. The molecule has 0 amide bonds. The second kappa shape index (κ2) is 8.38. The van der Waals surface area contributed by atoms with Crippen molar-refractivity contribution in [3.63, 3.8) is 0 Å². The largest absolute Gasteiger partial charge is 0.317 e. The fourth-order valence-electron chi connectivity index (χ4n) is 1.14. The highest BCUT2D eigenvalue weighted by Gasteiger charge is 2.06. The van der Waals surface area contributed by atoms with Gasteiger partial charge in [0.15, 0.2) is 0 Å². The summed E-state index contributed by atoms with van der Waals surface area (Å²) in [5.74, 6) is 0. The normalized spacial score (nSPS) is 11.5. The number of unbranched alkanes of at least 4 members (excludes halogenated alkanes) is 1. The molecule has 0 saturated heterocycles. The fourth-order valence-corrected chi connectivity index (χ4v) is 1.14. The summed E-state index contributed by atoms with van der Waals surface area (Å²) < 4.78 is 23.7. The van der Waals surface area contributed by atoms with Crippen LogP contribution in [-0.4, -0.2) is 44.6 Å². The van der Waals surface area contributed by atoms with Crippen molar-refractivity contribution in [2.45, 2.75) is 26.2 Å². The Morgan fingerprint density at radius 1 is 1.31 bits per heavy atom. The Bertz CT molecular complexity index is 110. The standard InChI is InChI=1S/C9H20F2N2/c1-3-12-6-4-5-7-13(2)8-9(10)11/h9,12H,3-8H2,1-2H3. The van der Waals surface area contributed by atoms with E-state index in [4.69, 9.17) is 0 Å². The van der Waals surface area contributed by atoms with Crippen molar-refractivity contribution in [1.29, 1.82) is 0 Å². The van der Waals surface area contributed by atoms with Crippen molar-refractivity contribution in [1.82, 2.24) is 10.2 Å². The summed E-state index contributed by atoms with van der Waals surface area (Å²) in [6.45, 7) is 4.67. The summed E-state index contributed by atoms with van der Waals surface area (Å²) in [6, 6.07) is 0. The number of hydrogen-bond donors (Lipinski definition) is 1. The zero-order valence-electron chi connectivity index (χ0n) is 8.52. The minimum absolute atomic E-state index is 0.110. The molecule has 0 aromatic carbocycles. The van der Waals surface area contributed by atoms with Gasteiger partial charge in [0.1, 0.15) is 0 Å². The van der Waals surface area contributed by atoms with Gasteiger partial charge in [-0.3, -0.25) is 0 Å². The number of halogens is 2. The molecule has 0 aliphatic rings. The second-order valence-electron chi connectivity index (χ2n) is 3.21. The van der Waals surface area contributed by atoms with E-state index in [1.165, 1.54) is 0 Å². The minimum atomic E-state index is -2.21. The van der Waals surface area contributed by atoms with Crippen LogP contribution < -0.4 is 5.32 Å². The Hall–Kier alpha value is -0.220. The van der Waals surface area contributed by atoms with E-state index < -0.39 is 6.43 Å². The average Bonchev–Trinajstić information content (AvgIpc) is 2.02. The maximum atomic E-state index is 11.9. The summed E-state index contributed by atoms with van der Waals surface area (Å²) in [4.78, 5) is 1.68. The van der Waals surface area contributed by atoms with E-state index in [1.807, 2.05) is 0 Å². The van der Waals surface area contributed by atoms with Crippen molar-refractivity contribution in [2.75, 3.05) is 33.2 Å². The molecule has 0 aliphatic carbocycles. The van der Waals surface area contributed by atoms with E-state index in [9.17, 15) is 8.78 Å². The van der Waals surface area contributed by atoms with Crippen LogP contribution in [0, 0.1) is 0 Å². The molecule has 0 aromatic rings. The molecule has 0 unspecified atom stereocenters. The fraction of sp³-hybridized carbons (Fsp3) is 1.00. The van der Waals surface area contributed by atoms with E-state index in [-0.39, 0.29) is 6.54 Å². The van der Waals surface area contributed by atoms with Gasteiger partial charge in [-0.1, -0.05) is 6.92 Å². The third-order valence-corrected chi connectivity index (χ3v) is 1.84. The van der Waals surface area contributed by atoms with Crippen LogP contribution in [0.3, 0.4) is 0 Å². The van der Waals surface area contributed by atoms with Gasteiger partial charge in [-0.25, -0.2) is 8.78 Å². The van der Waals surface area contributed by atoms with Crippen LogP contribution in [0.4, 0.5) is 8.78 Å². The van der Waals surface area contributed by atoms with Gasteiger partial charge in [-0.15, -0.1) is 0 Å². The molecular weight excluding hydrogens is 174 g/mol. The van der Waals surface area contributed by atoms with Crippen molar-refractivity contribution in [3.05, 3.63) is 0 Å². The van der Waals surface area contributed by atoms with Crippen molar-refractivity contribution >= 4 is 0 Å². The zero-order chi connectivity index (χ0) is 10.1. The SMILES string of the molecule is CCNCCCCN(C)CC(F)F. The quantitative estimate of drug-likeness (QED) is 0.590. The molecule has 0 aliphatic heterocycles. The summed E-state index contributed by atoms with van der Waals surface area (Å²) in [5.41, 5.74) is 0. The molecule has 0 heterocycles. The molecule has 0 saturated carbocycles. The molecule has 0 spiro atoms. The highest BCUT2D eigenvalue weighted by Crippen LogP contribution is 1.97. The molecule has 4 heteroatoms. The molecule has 0 fully saturated rings. The van der Waals surface area contributed by atoms with Gasteiger partial charge < -0.3 is 10.2 Å². The predicted octanol–water partition coefficient (Wildman–Crippen LogP) is 1.57. The maximum Gasteiger partial charge on any atom is 0.251 e. The van der Waals surface area contributed by atoms with Crippen molar-refractivity contribution < 1.29 is 8.78 Å². The van der Waals surface area contributed by atoms with Crippen molar-refractivity contribution in [3.8, 4) is 0 Å². The lowest BCUT2D eigenvalue weighted by Crippen LogP contribution is -2.26. The highest BCUT2D eigenvalue weighted by atomic mass is 19.3. The van der Waals surface area contributed by atoms with Gasteiger partial charge >= 0.3 is 0 Å². The summed E-state index contributed by atoms with van der Waals surface area (Å²) in [5, 5.41) is 3.20. The summed E-state index contributed by atoms with van der Waals surface area (Å²) >= 11 is 0. The Morgan fingerprint density at radius 3 is 2.54 bits per heavy atom. The zero-order valence-corrected chi connectivity index (χ0v) is 8.52. The third kappa shape index (κ3) is 9.70. The smallest absolute Gasteiger partial charge is 0.251 e. The van der Waals surface area contributed by atoms with Crippen molar-refractivity contribution in [2.24, 2.45) is 0 Å². The molecule has 80 valence electrons. The summed E-state index contributed by atoms with van der Waals surface area (Å²) in [6.07, 6.45) is -0.170. The minimum Gasteiger partial charge on any atom is -0.317 e. The van der Waals surface area contributed by atoms with Crippen LogP contribution in [0.15, 0.2) is 0 Å². The Labute approximate surface area is 79.3 Å². The third-order valence-electron chi connectivity index (χ3n) is 1.84. The van der Waals surface area contributed by atoms with E-state index in [1.54, 1.807) is 11.9 Å². The van der Waals surface area contributed by atoms with E-state index in [0.29, 0.717) is 0 Å². The first-order valence-corrected chi connectivity index (χ1v) is 4.84. The molecule has 0 atom stereocenters. The van der Waals surface area contributed by atoms with Crippen LogP contribution in [0.1, 0.15) is 19.8 Å². The number of rotatable bonds is 8. The number of hydrogen-bond acceptors (Lipinski definition) is 2. The Kier molecular flexibility index (Phi) is 8.24. The van der Waals surface area contributed by atoms with Gasteiger partial charge in [0, 0.05) is 0 Å². The number of nitrogens with zero attached hydrogens (tertiary/aromatic N) is 1. The Morgan fingerprint density at radius 2 is 2.00 bits per heavy atom. The van der Waals surface area contributed by atoms with Crippen LogP contribution in [-0.2, 0) is 0 Å². The lowest BCUT2D eigenvalue weighted by atomic mass is 10.3. The number of nitrogens with one attached hydrogen (secondary N) is 1. The van der Waals surface area contributed by atoms with Gasteiger partial charge in [-0.05, 0) is 39.5 Å². The first-order valence-electron chi connectivity index (χ1n) is 4.84. The van der Waals surface area contributed by atoms with Crippen LogP contribution in [0.25, 0.3) is 0 Å². The van der Waals surface area contributed by atoms with Gasteiger partial charge in [0.25, 0.3) is 6.43 Å². The topological polar surface area (TPSA) is 15.3 Å². The monoisotopic (exact) mass is 194 g/mol. The average molecular weight is 194 g/mol. The molecular formula is C9H20F2N2. The van der Waals surface area contributed by atoms with Gasteiger partial charge in [0.2, 0.25) is 0 Å². The maximum absolute atomic E-state index is 11.9. The predicted molar refractivity (Wildman–Crippen MR) is 51.3 cm³/mol. The van der Waals surface area contributed by atoms with E-state index in [0.717, 1.165) is 32.5 Å². The molecule has 13 heavy (non-hydrogen) atoms. The molecule has 1 N–H and O–H groups in total. The molecule has 0 aromatic heterocycles. The van der Waals surface area contributed by atoms with Crippen LogP contribution in [0.2, 0.25) is 0 Å². The van der Waals surface area contributed by atoms with E-state index in [2.05, 4.69) is 12.2 Å². The first kappa shape index (κ1) is 12.8. The van der Waals surface area contributed by atoms with Gasteiger partial charge in [-0.2, -0.15) is 0 Å². The van der Waals surface area contributed by atoms with E-state index >= 15 is 0 Å². The molecule has 0 radical (unpaired) electrons. The Balaban J connectivity index is 3.12. The molecule has 0 rings (SSSR count).